The van der Waals surface area contributed by atoms with Gasteiger partial charge in [0.2, 0.25) is 5.89 Å². The molecule has 0 bridgehead atoms. The number of methoxy groups -OCH3 is 1. The Hall–Kier alpha value is -2.31. The molecule has 0 fully saturated rings. The van der Waals surface area contributed by atoms with Crippen molar-refractivity contribution in [1.82, 2.24) is 10.2 Å². The van der Waals surface area contributed by atoms with Gasteiger partial charge in [0.1, 0.15) is 5.75 Å². The number of ether oxygens (including phenoxy) is 1. The van der Waals surface area contributed by atoms with Gasteiger partial charge in [-0.1, -0.05) is 41.6 Å². The van der Waals surface area contributed by atoms with E-state index in [1.807, 2.05) is 12.1 Å². The minimum atomic E-state index is -0.0695. The molecule has 122 valence electrons. The Balaban J connectivity index is 1.68. The van der Waals surface area contributed by atoms with Gasteiger partial charge >= 0.3 is 0 Å². The first-order valence-corrected chi connectivity index (χ1v) is 8.42. The van der Waals surface area contributed by atoms with Gasteiger partial charge in [-0.2, -0.15) is 0 Å². The van der Waals surface area contributed by atoms with Crippen molar-refractivity contribution in [2.45, 2.75) is 5.22 Å². The molecule has 0 aliphatic carbocycles. The van der Waals surface area contributed by atoms with Crippen LogP contribution in [0, 0.1) is 0 Å². The summed E-state index contributed by atoms with van der Waals surface area (Å²) in [6, 6.07) is 14.2. The van der Waals surface area contributed by atoms with Crippen LogP contribution in [0.4, 0.5) is 0 Å². The molecule has 0 N–H and O–H groups in total. The molecule has 0 amide bonds. The van der Waals surface area contributed by atoms with Crippen LogP contribution >= 0.6 is 23.4 Å². The molecule has 2 aromatic carbocycles. The number of hydrogen-bond acceptors (Lipinski definition) is 6. The van der Waals surface area contributed by atoms with E-state index in [2.05, 4.69) is 10.2 Å². The van der Waals surface area contributed by atoms with E-state index in [0.29, 0.717) is 27.4 Å². The molecule has 0 unspecified atom stereocenters. The van der Waals surface area contributed by atoms with Crippen LogP contribution in [0.15, 0.2) is 58.2 Å². The Bertz CT molecular complexity index is 866. The lowest BCUT2D eigenvalue weighted by Crippen LogP contribution is -2.04. The lowest BCUT2D eigenvalue weighted by Gasteiger charge is -2.05. The third-order valence-corrected chi connectivity index (χ3v) is 4.27. The molecule has 3 aromatic rings. The predicted octanol–water partition coefficient (Wildman–Crippen LogP) is 4.37. The van der Waals surface area contributed by atoms with Gasteiger partial charge < -0.3 is 9.15 Å². The monoisotopic (exact) mass is 360 g/mol. The highest BCUT2D eigenvalue weighted by Crippen LogP contribution is 2.26. The third-order valence-electron chi connectivity index (χ3n) is 3.21. The first-order chi connectivity index (χ1) is 11.7. The molecule has 0 saturated carbocycles. The summed E-state index contributed by atoms with van der Waals surface area (Å²) in [5, 5.41) is 8.85. The van der Waals surface area contributed by atoms with Crippen molar-refractivity contribution in [3.8, 4) is 17.2 Å². The van der Waals surface area contributed by atoms with Gasteiger partial charge in [-0.05, 0) is 30.3 Å². The second-order valence-electron chi connectivity index (χ2n) is 4.80. The minimum Gasteiger partial charge on any atom is -0.496 e. The maximum atomic E-state index is 12.3. The first-order valence-electron chi connectivity index (χ1n) is 7.06. The maximum Gasteiger partial charge on any atom is 0.277 e. The Labute approximate surface area is 148 Å². The van der Waals surface area contributed by atoms with E-state index in [0.717, 1.165) is 5.56 Å². The molecule has 0 spiro atoms. The molecule has 5 nitrogen and oxygen atoms in total. The zero-order valence-corrected chi connectivity index (χ0v) is 14.3. The summed E-state index contributed by atoms with van der Waals surface area (Å²) in [7, 11) is 1.54. The molecule has 0 radical (unpaired) electrons. The van der Waals surface area contributed by atoms with E-state index >= 15 is 0 Å². The van der Waals surface area contributed by atoms with E-state index in [1.165, 1.54) is 18.9 Å². The Morgan fingerprint density at radius 3 is 2.83 bits per heavy atom. The second kappa shape index (κ2) is 7.51. The highest BCUT2D eigenvalue weighted by Gasteiger charge is 2.15. The average Bonchev–Trinajstić information content (AvgIpc) is 3.08. The predicted molar refractivity (Wildman–Crippen MR) is 92.8 cm³/mol. The van der Waals surface area contributed by atoms with Crippen LogP contribution in [0.1, 0.15) is 10.4 Å². The summed E-state index contributed by atoms with van der Waals surface area (Å²) in [5.41, 5.74) is 1.26. The number of thioether (sulfide) groups is 1. The zero-order chi connectivity index (χ0) is 16.9. The van der Waals surface area contributed by atoms with Crippen LogP contribution in [0.25, 0.3) is 11.5 Å². The molecule has 0 aliphatic rings. The van der Waals surface area contributed by atoms with E-state index in [4.69, 9.17) is 20.8 Å². The van der Waals surface area contributed by atoms with Crippen molar-refractivity contribution < 1.29 is 13.9 Å². The van der Waals surface area contributed by atoms with Gasteiger partial charge in [0.25, 0.3) is 5.22 Å². The lowest BCUT2D eigenvalue weighted by atomic mass is 10.1. The molecule has 7 heteroatoms. The number of rotatable bonds is 6. The van der Waals surface area contributed by atoms with Crippen molar-refractivity contribution in [1.29, 1.82) is 0 Å². The number of para-hydroxylation sites is 1. The number of halogens is 1. The van der Waals surface area contributed by atoms with E-state index in [-0.39, 0.29) is 11.5 Å². The third kappa shape index (κ3) is 3.77. The molecule has 3 rings (SSSR count). The van der Waals surface area contributed by atoms with Gasteiger partial charge in [-0.25, -0.2) is 0 Å². The topological polar surface area (TPSA) is 65.2 Å². The molecule has 1 aromatic heterocycles. The maximum absolute atomic E-state index is 12.3. The minimum absolute atomic E-state index is 0.0695. The summed E-state index contributed by atoms with van der Waals surface area (Å²) >= 11 is 7.13. The Morgan fingerprint density at radius 1 is 1.21 bits per heavy atom. The highest BCUT2D eigenvalue weighted by atomic mass is 35.5. The van der Waals surface area contributed by atoms with Crippen LogP contribution in [0.2, 0.25) is 5.02 Å². The Kier molecular flexibility index (Phi) is 5.17. The molecular weight excluding hydrogens is 348 g/mol. The van der Waals surface area contributed by atoms with Crippen molar-refractivity contribution >= 4 is 29.1 Å². The smallest absolute Gasteiger partial charge is 0.277 e. The number of benzene rings is 2. The number of ketones is 1. The van der Waals surface area contributed by atoms with Gasteiger partial charge in [-0.3, -0.25) is 4.79 Å². The number of aromatic nitrogens is 2. The molecule has 0 atom stereocenters. The fourth-order valence-electron chi connectivity index (χ4n) is 2.09. The van der Waals surface area contributed by atoms with Crippen molar-refractivity contribution in [3.63, 3.8) is 0 Å². The molecule has 0 saturated heterocycles. The number of hydrogen-bond donors (Lipinski definition) is 0. The van der Waals surface area contributed by atoms with Crippen molar-refractivity contribution in [3.05, 3.63) is 59.1 Å². The molecule has 24 heavy (non-hydrogen) atoms. The van der Waals surface area contributed by atoms with E-state index in [1.54, 1.807) is 36.4 Å². The molecular formula is C17H13ClN2O3S. The van der Waals surface area contributed by atoms with Gasteiger partial charge in [0.05, 0.1) is 18.4 Å². The number of carbonyl (C=O) groups is 1. The van der Waals surface area contributed by atoms with Crippen molar-refractivity contribution in [2.75, 3.05) is 12.9 Å². The van der Waals surface area contributed by atoms with E-state index in [9.17, 15) is 4.79 Å². The normalized spacial score (nSPS) is 10.6. The largest absolute Gasteiger partial charge is 0.496 e. The number of Topliss-reactive ketones (excluding diaryl/α,β-unsaturated/α-hetero) is 1. The fourth-order valence-corrected chi connectivity index (χ4v) is 2.92. The zero-order valence-electron chi connectivity index (χ0n) is 12.7. The number of carbonyl (C=O) groups excluding carboxylic acids is 1. The van der Waals surface area contributed by atoms with Crippen LogP contribution in [-0.2, 0) is 0 Å². The lowest BCUT2D eigenvalue weighted by molar-refractivity contribution is 0.101. The van der Waals surface area contributed by atoms with E-state index < -0.39 is 0 Å². The summed E-state index contributed by atoms with van der Waals surface area (Å²) < 4.78 is 10.8. The van der Waals surface area contributed by atoms with Crippen molar-refractivity contribution in [2.24, 2.45) is 0 Å². The van der Waals surface area contributed by atoms with Gasteiger partial charge in [-0.15, -0.1) is 10.2 Å². The summed E-state index contributed by atoms with van der Waals surface area (Å²) in [4.78, 5) is 12.3. The average molecular weight is 361 g/mol. The van der Waals surface area contributed by atoms with Gasteiger partial charge in [0, 0.05) is 10.6 Å². The molecule has 0 aliphatic heterocycles. The fraction of sp³-hybridized carbons (Fsp3) is 0.118. The van der Waals surface area contributed by atoms with Crippen LogP contribution < -0.4 is 4.74 Å². The number of nitrogens with zero attached hydrogens (tertiary/aromatic N) is 2. The standard InChI is InChI=1S/C17H13ClN2O3S/c1-22-15-8-3-2-7-13(15)14(21)10-24-17-20-19-16(23-17)11-5-4-6-12(18)9-11/h2-9H,10H2,1H3. The first kappa shape index (κ1) is 16.5. The van der Waals surface area contributed by atoms with Crippen LogP contribution in [-0.4, -0.2) is 28.8 Å². The molecule has 1 heterocycles. The SMILES string of the molecule is COc1ccccc1C(=O)CSc1nnc(-c2cccc(Cl)c2)o1. The quantitative estimate of drug-likeness (QED) is 0.480. The van der Waals surface area contributed by atoms with Crippen LogP contribution in [0.3, 0.4) is 0 Å². The summed E-state index contributed by atoms with van der Waals surface area (Å²) in [5.74, 6) is 1.02. The van der Waals surface area contributed by atoms with Crippen LogP contribution in [0.5, 0.6) is 5.75 Å². The summed E-state index contributed by atoms with van der Waals surface area (Å²) in [6.07, 6.45) is 0. The summed E-state index contributed by atoms with van der Waals surface area (Å²) in [6.45, 7) is 0. The highest BCUT2D eigenvalue weighted by molar-refractivity contribution is 7.99. The van der Waals surface area contributed by atoms with Gasteiger partial charge in [0.15, 0.2) is 5.78 Å². The Morgan fingerprint density at radius 2 is 2.04 bits per heavy atom. The second-order valence-corrected chi connectivity index (χ2v) is 6.16.